The van der Waals surface area contributed by atoms with Crippen molar-refractivity contribution in [1.82, 2.24) is 15.2 Å². The molecule has 0 bridgehead atoms. The van der Waals surface area contributed by atoms with Gasteiger partial charge in [0.05, 0.1) is 17.8 Å². The minimum Gasteiger partial charge on any atom is -0.491 e. The van der Waals surface area contributed by atoms with Gasteiger partial charge in [-0.3, -0.25) is 4.79 Å². The Hall–Kier alpha value is -3.51. The highest BCUT2D eigenvalue weighted by atomic mass is 19.1. The number of piperazine rings is 1. The number of anilines is 1. The van der Waals surface area contributed by atoms with Gasteiger partial charge < -0.3 is 39.8 Å². The zero-order valence-electron chi connectivity index (χ0n) is 25.1. The minimum atomic E-state index is -1.28. The number of halogens is 1. The second-order valence-electron chi connectivity index (χ2n) is 11.3. The number of nitrogens with zero attached hydrogens (tertiary/aromatic N) is 2. The largest absolute Gasteiger partial charge is 0.491 e. The van der Waals surface area contributed by atoms with Crippen molar-refractivity contribution in [2.24, 2.45) is 0 Å². The molecule has 2 heterocycles. The van der Waals surface area contributed by atoms with Crippen molar-refractivity contribution in [3.8, 4) is 5.75 Å². The molecule has 10 nitrogen and oxygen atoms in total. The Morgan fingerprint density at radius 1 is 1.16 bits per heavy atom. The molecule has 1 saturated carbocycles. The normalized spacial score (nSPS) is 15.7. The van der Waals surface area contributed by atoms with Crippen LogP contribution in [-0.2, 0) is 11.2 Å². The summed E-state index contributed by atoms with van der Waals surface area (Å²) in [6.07, 6.45) is 3.70. The maximum absolute atomic E-state index is 14.6. The third-order valence-corrected chi connectivity index (χ3v) is 7.45. The summed E-state index contributed by atoms with van der Waals surface area (Å²) in [5, 5.41) is 25.5. The minimum absolute atomic E-state index is 0.137. The average molecular weight is 599 g/mol. The van der Waals surface area contributed by atoms with Gasteiger partial charge in [-0.1, -0.05) is 26.0 Å². The van der Waals surface area contributed by atoms with Crippen LogP contribution in [0.25, 0.3) is 10.9 Å². The maximum atomic E-state index is 14.6. The molecule has 1 aliphatic carbocycles. The van der Waals surface area contributed by atoms with E-state index >= 15 is 0 Å². The van der Waals surface area contributed by atoms with Crippen molar-refractivity contribution in [2.75, 3.05) is 57.9 Å². The molecule has 0 amide bonds. The first-order chi connectivity index (χ1) is 20.7. The van der Waals surface area contributed by atoms with Crippen LogP contribution in [-0.4, -0.2) is 85.9 Å². The van der Waals surface area contributed by atoms with E-state index in [9.17, 15) is 24.2 Å². The molecule has 0 spiro atoms. The first kappa shape index (κ1) is 32.4. The number of carboxylic acid groups (broad SMARTS) is 1. The van der Waals surface area contributed by atoms with E-state index < -0.39 is 23.3 Å². The lowest BCUT2D eigenvalue weighted by atomic mass is 10.1. The van der Waals surface area contributed by atoms with Crippen molar-refractivity contribution < 1.29 is 28.9 Å². The highest BCUT2D eigenvalue weighted by Gasteiger charge is 2.28. The molecule has 43 heavy (non-hydrogen) atoms. The van der Waals surface area contributed by atoms with Gasteiger partial charge in [-0.2, -0.15) is 0 Å². The Morgan fingerprint density at radius 3 is 2.47 bits per heavy atom. The molecular formula is C32H43FN4O6. The zero-order valence-corrected chi connectivity index (χ0v) is 25.1. The average Bonchev–Trinajstić information content (AvgIpc) is 3.85. The van der Waals surface area contributed by atoms with Crippen molar-refractivity contribution >= 4 is 22.6 Å². The molecule has 2 fully saturated rings. The molecule has 2 aliphatic rings. The van der Waals surface area contributed by atoms with Crippen LogP contribution in [0.15, 0.2) is 47.4 Å². The van der Waals surface area contributed by atoms with Gasteiger partial charge in [0.2, 0.25) is 5.43 Å². The first-order valence-electron chi connectivity index (χ1n) is 14.9. The molecule has 5 rings (SSSR count). The number of carboxylic acids is 1. The molecular weight excluding hydrogens is 555 g/mol. The Labute approximate surface area is 251 Å². The van der Waals surface area contributed by atoms with Crippen molar-refractivity contribution in [1.29, 1.82) is 0 Å². The number of aromatic nitrogens is 1. The summed E-state index contributed by atoms with van der Waals surface area (Å²) < 4.78 is 27.0. The van der Waals surface area contributed by atoms with Crippen LogP contribution in [0.5, 0.6) is 5.75 Å². The second kappa shape index (κ2) is 15.3. The summed E-state index contributed by atoms with van der Waals surface area (Å²) in [7, 11) is 1.70. The lowest BCUT2D eigenvalue weighted by Crippen LogP contribution is -2.43. The number of ether oxygens (including phenoxy) is 2. The maximum Gasteiger partial charge on any atom is 0.341 e. The number of pyridine rings is 1. The molecule has 11 heteroatoms. The number of aliphatic hydroxyl groups is 1. The van der Waals surface area contributed by atoms with Gasteiger partial charge in [0.1, 0.15) is 29.8 Å². The third kappa shape index (κ3) is 8.99. The standard InChI is InChI=1S/C17H18FN3O3.C15H25NO3/c18-13-7-11-14(8-15(13)20-5-3-19-4-6-20)21(10-1-2-10)9-12(16(11)22)17(23)24;1-12(2)16-10-14(17)11-19-15-6-4-13(5-7-15)8-9-18-3/h7-10,19H,1-6H2,(H,23,24);4-7,12,14,16-17H,8-11H2,1-3H3. The number of benzene rings is 2. The fraction of sp³-hybridized carbons (Fsp3) is 0.500. The summed E-state index contributed by atoms with van der Waals surface area (Å²) >= 11 is 0. The number of methoxy groups -OCH3 is 1. The topological polar surface area (TPSA) is 125 Å². The van der Waals surface area contributed by atoms with E-state index in [0.29, 0.717) is 43.5 Å². The molecule has 0 radical (unpaired) electrons. The van der Waals surface area contributed by atoms with Crippen LogP contribution >= 0.6 is 0 Å². The van der Waals surface area contributed by atoms with E-state index in [0.717, 1.165) is 44.7 Å². The Balaban J connectivity index is 0.000000204. The van der Waals surface area contributed by atoms with Crippen molar-refractivity contribution in [3.63, 3.8) is 0 Å². The molecule has 3 aromatic rings. The quantitative estimate of drug-likeness (QED) is 0.249. The van der Waals surface area contributed by atoms with Crippen LogP contribution < -0.4 is 25.7 Å². The predicted molar refractivity (Wildman–Crippen MR) is 165 cm³/mol. The smallest absolute Gasteiger partial charge is 0.341 e. The van der Waals surface area contributed by atoms with E-state index in [1.807, 2.05) is 47.6 Å². The van der Waals surface area contributed by atoms with Gasteiger partial charge in [0.25, 0.3) is 0 Å². The highest BCUT2D eigenvalue weighted by molar-refractivity contribution is 5.93. The number of aromatic carboxylic acids is 1. The monoisotopic (exact) mass is 598 g/mol. The van der Waals surface area contributed by atoms with Gasteiger partial charge in [-0.15, -0.1) is 0 Å². The molecule has 2 aromatic carbocycles. The van der Waals surface area contributed by atoms with E-state index in [1.54, 1.807) is 13.2 Å². The van der Waals surface area contributed by atoms with Crippen LogP contribution in [0.3, 0.4) is 0 Å². The van der Waals surface area contributed by atoms with Crippen molar-refractivity contribution in [3.05, 3.63) is 69.8 Å². The number of aliphatic hydroxyl groups excluding tert-OH is 1. The molecule has 1 saturated heterocycles. The molecule has 1 aliphatic heterocycles. The fourth-order valence-electron chi connectivity index (χ4n) is 4.91. The van der Waals surface area contributed by atoms with E-state index in [2.05, 4.69) is 10.6 Å². The summed E-state index contributed by atoms with van der Waals surface area (Å²) in [6.45, 7) is 8.63. The van der Waals surface area contributed by atoms with Gasteiger partial charge >= 0.3 is 5.97 Å². The van der Waals surface area contributed by atoms with Crippen LogP contribution in [0.4, 0.5) is 10.1 Å². The SMILES string of the molecule is COCCc1ccc(OCC(O)CNC(C)C)cc1.O=C(O)c1cn(C2CC2)c2cc(N3CCNCC3)c(F)cc2c1=O. The summed E-state index contributed by atoms with van der Waals surface area (Å²) in [4.78, 5) is 25.7. The first-order valence-corrected chi connectivity index (χ1v) is 14.9. The van der Waals surface area contributed by atoms with Crippen LogP contribution in [0.2, 0.25) is 0 Å². The van der Waals surface area contributed by atoms with Crippen LogP contribution in [0.1, 0.15) is 48.7 Å². The van der Waals surface area contributed by atoms with Crippen LogP contribution in [0, 0.1) is 5.82 Å². The molecule has 1 atom stereocenters. The Kier molecular flexibility index (Phi) is 11.5. The summed E-state index contributed by atoms with van der Waals surface area (Å²) in [5.74, 6) is -0.973. The molecule has 234 valence electrons. The predicted octanol–water partition coefficient (Wildman–Crippen LogP) is 3.20. The Bertz CT molecular complexity index is 1420. The van der Waals surface area contributed by atoms with E-state index in [4.69, 9.17) is 9.47 Å². The third-order valence-electron chi connectivity index (χ3n) is 7.45. The molecule has 1 unspecified atom stereocenters. The number of carbonyl (C=O) groups is 1. The number of rotatable bonds is 12. The van der Waals surface area contributed by atoms with Gasteiger partial charge in [0.15, 0.2) is 0 Å². The molecule has 4 N–H and O–H groups in total. The lowest BCUT2D eigenvalue weighted by Gasteiger charge is -2.30. The molecule has 1 aromatic heterocycles. The number of hydrogen-bond acceptors (Lipinski definition) is 8. The van der Waals surface area contributed by atoms with E-state index in [-0.39, 0.29) is 17.0 Å². The summed E-state index contributed by atoms with van der Waals surface area (Å²) in [5.41, 5.74) is 1.38. The van der Waals surface area contributed by atoms with E-state index in [1.165, 1.54) is 17.8 Å². The highest BCUT2D eigenvalue weighted by Crippen LogP contribution is 2.38. The lowest BCUT2D eigenvalue weighted by molar-refractivity contribution is 0.0694. The zero-order chi connectivity index (χ0) is 30.9. The van der Waals surface area contributed by atoms with Gasteiger partial charge in [-0.05, 0) is 49.1 Å². The number of nitrogens with one attached hydrogen (secondary N) is 2. The van der Waals surface area contributed by atoms with Gasteiger partial charge in [-0.25, -0.2) is 9.18 Å². The van der Waals surface area contributed by atoms with Gasteiger partial charge in [0, 0.05) is 63.5 Å². The number of hydrogen-bond donors (Lipinski definition) is 4. The fourth-order valence-corrected chi connectivity index (χ4v) is 4.91. The number of fused-ring (bicyclic) bond motifs is 1. The summed E-state index contributed by atoms with van der Waals surface area (Å²) in [6, 6.07) is 11.3. The second-order valence-corrected chi connectivity index (χ2v) is 11.3. The Morgan fingerprint density at radius 2 is 1.86 bits per heavy atom. The van der Waals surface area contributed by atoms with Crippen molar-refractivity contribution in [2.45, 2.75) is 51.3 Å².